The number of nitriles is 1. The second-order valence-electron chi connectivity index (χ2n) is 5.60. The van der Waals surface area contributed by atoms with E-state index in [-0.39, 0.29) is 5.84 Å². The van der Waals surface area contributed by atoms with Crippen LogP contribution in [0.2, 0.25) is 0 Å². The average molecular weight is 325 g/mol. The third-order valence-electron chi connectivity index (χ3n) is 3.89. The van der Waals surface area contributed by atoms with Crippen molar-refractivity contribution in [2.24, 2.45) is 10.7 Å². The molecule has 4 heteroatoms. The molecular weight excluding hydrogens is 308 g/mol. The first kappa shape index (κ1) is 16.4. The quantitative estimate of drug-likeness (QED) is 0.557. The van der Waals surface area contributed by atoms with Crippen molar-refractivity contribution in [3.05, 3.63) is 101 Å². The number of benzene rings is 3. The molecule has 3 aromatic rings. The summed E-state index contributed by atoms with van der Waals surface area (Å²) in [5.74, 6) is 0.164. The molecule has 4 nitrogen and oxygen atoms in total. The Morgan fingerprint density at radius 2 is 1.64 bits per heavy atom. The molecule has 0 spiro atoms. The molecule has 0 aliphatic rings. The number of amidine groups is 1. The van der Waals surface area contributed by atoms with Gasteiger partial charge in [0.2, 0.25) is 0 Å². The van der Waals surface area contributed by atoms with Gasteiger partial charge in [-0.05, 0) is 40.5 Å². The van der Waals surface area contributed by atoms with Gasteiger partial charge in [-0.1, -0.05) is 66.5 Å². The standard InChI is InChI=1S/C21H17N4/c22-14-15-9-11-16(12-10-15)18-7-4-8-19(13-18)21(24)25-20(23)17-5-2-1-3-6-17/h1-13,21H,24H2,(H-,23,25)/q-1. The van der Waals surface area contributed by atoms with E-state index in [0.29, 0.717) is 5.56 Å². The fourth-order valence-corrected chi connectivity index (χ4v) is 2.52. The van der Waals surface area contributed by atoms with Gasteiger partial charge in [-0.3, -0.25) is 0 Å². The minimum atomic E-state index is -0.606. The van der Waals surface area contributed by atoms with Gasteiger partial charge in [0, 0.05) is 6.17 Å². The number of hydrogen-bond acceptors (Lipinski definition) is 3. The fourth-order valence-electron chi connectivity index (χ4n) is 2.52. The van der Waals surface area contributed by atoms with Crippen molar-refractivity contribution in [2.75, 3.05) is 0 Å². The molecule has 3 rings (SSSR count). The van der Waals surface area contributed by atoms with Crippen LogP contribution < -0.4 is 5.73 Å². The number of nitrogens with two attached hydrogens (primary N) is 1. The summed E-state index contributed by atoms with van der Waals surface area (Å²) in [5.41, 5.74) is 18.5. The molecule has 0 saturated heterocycles. The second kappa shape index (κ2) is 7.43. The lowest BCUT2D eigenvalue weighted by Crippen LogP contribution is -2.10. The van der Waals surface area contributed by atoms with Gasteiger partial charge in [-0.2, -0.15) is 5.26 Å². The van der Waals surface area contributed by atoms with E-state index < -0.39 is 6.17 Å². The van der Waals surface area contributed by atoms with E-state index in [1.807, 2.05) is 66.7 Å². The lowest BCUT2D eigenvalue weighted by Gasteiger charge is -2.18. The molecule has 0 fully saturated rings. The summed E-state index contributed by atoms with van der Waals surface area (Å²) in [4.78, 5) is 4.30. The zero-order chi connectivity index (χ0) is 17.6. The van der Waals surface area contributed by atoms with E-state index in [4.69, 9.17) is 16.7 Å². The summed E-state index contributed by atoms with van der Waals surface area (Å²) in [6.07, 6.45) is -0.606. The molecule has 0 radical (unpaired) electrons. The molecule has 122 valence electrons. The normalized spacial score (nSPS) is 12.4. The van der Waals surface area contributed by atoms with Gasteiger partial charge >= 0.3 is 0 Å². The predicted molar refractivity (Wildman–Crippen MR) is 101 cm³/mol. The molecule has 0 aliphatic heterocycles. The molecule has 0 aromatic heterocycles. The van der Waals surface area contributed by atoms with Crippen molar-refractivity contribution < 1.29 is 0 Å². The summed E-state index contributed by atoms with van der Waals surface area (Å²) in [6.45, 7) is 0. The number of aliphatic imine (C=N–C) groups is 1. The molecule has 0 aliphatic carbocycles. The van der Waals surface area contributed by atoms with Crippen molar-refractivity contribution in [1.29, 1.82) is 5.26 Å². The van der Waals surface area contributed by atoms with Crippen LogP contribution in [0.1, 0.15) is 22.9 Å². The summed E-state index contributed by atoms with van der Waals surface area (Å²) < 4.78 is 0. The highest BCUT2D eigenvalue weighted by Gasteiger charge is 2.03. The Balaban J connectivity index is 1.86. The van der Waals surface area contributed by atoms with Crippen LogP contribution in [-0.4, -0.2) is 5.84 Å². The van der Waals surface area contributed by atoms with Gasteiger partial charge in [-0.25, -0.2) is 0 Å². The van der Waals surface area contributed by atoms with Crippen LogP contribution in [0, 0.1) is 11.3 Å². The number of nitrogens with one attached hydrogen (secondary N) is 1. The Hall–Kier alpha value is -3.42. The van der Waals surface area contributed by atoms with E-state index in [9.17, 15) is 0 Å². The highest BCUT2D eigenvalue weighted by atomic mass is 15.0. The van der Waals surface area contributed by atoms with Crippen molar-refractivity contribution in [1.82, 2.24) is 0 Å². The topological polar surface area (TPSA) is 86.0 Å². The monoisotopic (exact) mass is 325 g/mol. The van der Waals surface area contributed by atoms with Gasteiger partial charge in [0.1, 0.15) is 0 Å². The molecule has 3 aromatic carbocycles. The SMILES string of the molecule is N#Cc1ccc(-c2cccc(C(N)/N=C(\[NH-])c3ccccc3)c2)cc1. The van der Waals surface area contributed by atoms with Crippen LogP contribution in [0.25, 0.3) is 16.9 Å². The number of nitrogens with zero attached hydrogens (tertiary/aromatic N) is 2. The van der Waals surface area contributed by atoms with Crippen molar-refractivity contribution in [2.45, 2.75) is 6.17 Å². The Labute approximate surface area is 147 Å². The van der Waals surface area contributed by atoms with Crippen molar-refractivity contribution >= 4 is 5.84 Å². The molecule has 1 atom stereocenters. The maximum absolute atomic E-state index is 8.89. The summed E-state index contributed by atoms with van der Waals surface area (Å²) in [7, 11) is 0. The van der Waals surface area contributed by atoms with Gasteiger partial charge in [0.25, 0.3) is 0 Å². The first-order chi connectivity index (χ1) is 12.2. The first-order valence-electron chi connectivity index (χ1n) is 7.88. The minimum absolute atomic E-state index is 0.164. The van der Waals surface area contributed by atoms with Gasteiger partial charge in [0.05, 0.1) is 11.6 Å². The molecule has 3 N–H and O–H groups in total. The van der Waals surface area contributed by atoms with E-state index in [1.165, 1.54) is 0 Å². The Kier molecular flexibility index (Phi) is 4.89. The lowest BCUT2D eigenvalue weighted by atomic mass is 10.0. The van der Waals surface area contributed by atoms with Crippen LogP contribution >= 0.6 is 0 Å². The Morgan fingerprint density at radius 1 is 0.920 bits per heavy atom. The van der Waals surface area contributed by atoms with Crippen LogP contribution in [-0.2, 0) is 0 Å². The summed E-state index contributed by atoms with van der Waals surface area (Å²) >= 11 is 0. The maximum atomic E-state index is 8.89. The largest absolute Gasteiger partial charge is 0.482 e. The fraction of sp³-hybridized carbons (Fsp3) is 0.0476. The lowest BCUT2D eigenvalue weighted by molar-refractivity contribution is 0.778. The first-order valence-corrected chi connectivity index (χ1v) is 7.88. The summed E-state index contributed by atoms with van der Waals surface area (Å²) in [6, 6.07) is 26.6. The van der Waals surface area contributed by atoms with Crippen LogP contribution in [0.15, 0.2) is 83.9 Å². The Bertz CT molecular complexity index is 922. The van der Waals surface area contributed by atoms with E-state index in [1.54, 1.807) is 12.1 Å². The predicted octanol–water partition coefficient (Wildman–Crippen LogP) is 4.68. The third kappa shape index (κ3) is 3.92. The summed E-state index contributed by atoms with van der Waals surface area (Å²) in [5, 5.41) is 8.89. The average Bonchev–Trinajstić information content (AvgIpc) is 2.68. The number of rotatable bonds is 4. The molecular formula is C21H17N4-. The van der Waals surface area contributed by atoms with Gasteiger partial charge in [0.15, 0.2) is 0 Å². The molecule has 0 heterocycles. The van der Waals surface area contributed by atoms with E-state index in [0.717, 1.165) is 22.3 Å². The Morgan fingerprint density at radius 3 is 2.32 bits per heavy atom. The van der Waals surface area contributed by atoms with E-state index in [2.05, 4.69) is 11.1 Å². The van der Waals surface area contributed by atoms with Crippen molar-refractivity contribution in [3.8, 4) is 17.2 Å². The molecule has 0 amide bonds. The van der Waals surface area contributed by atoms with E-state index >= 15 is 0 Å². The van der Waals surface area contributed by atoms with Crippen LogP contribution in [0.3, 0.4) is 0 Å². The zero-order valence-electron chi connectivity index (χ0n) is 13.6. The highest BCUT2D eigenvalue weighted by molar-refractivity contribution is 6.04. The second-order valence-corrected chi connectivity index (χ2v) is 5.60. The van der Waals surface area contributed by atoms with Gasteiger partial charge < -0.3 is 16.5 Å². The number of hydrogen-bond donors (Lipinski definition) is 1. The molecule has 0 bridgehead atoms. The molecule has 25 heavy (non-hydrogen) atoms. The van der Waals surface area contributed by atoms with Gasteiger partial charge in [-0.15, -0.1) is 0 Å². The smallest absolute Gasteiger partial charge is 0.0991 e. The zero-order valence-corrected chi connectivity index (χ0v) is 13.6. The minimum Gasteiger partial charge on any atom is -0.482 e. The molecule has 0 saturated carbocycles. The van der Waals surface area contributed by atoms with Crippen LogP contribution in [0.5, 0.6) is 0 Å². The highest BCUT2D eigenvalue weighted by Crippen LogP contribution is 2.24. The third-order valence-corrected chi connectivity index (χ3v) is 3.89. The maximum Gasteiger partial charge on any atom is 0.0991 e. The van der Waals surface area contributed by atoms with Crippen molar-refractivity contribution in [3.63, 3.8) is 0 Å². The molecule has 1 unspecified atom stereocenters. The van der Waals surface area contributed by atoms with Crippen LogP contribution in [0.4, 0.5) is 0 Å².